The zero-order chi connectivity index (χ0) is 13.8. The van der Waals surface area contributed by atoms with Crippen LogP contribution in [-0.2, 0) is 5.75 Å². The van der Waals surface area contributed by atoms with E-state index in [4.69, 9.17) is 14.8 Å². The summed E-state index contributed by atoms with van der Waals surface area (Å²) in [5.41, 5.74) is 0.750. The molecule has 0 aliphatic carbocycles. The molecular weight excluding hydrogens is 269 g/mol. The molecule has 0 radical (unpaired) electrons. The number of carbonyl (C=O) groups is 1. The quantitative estimate of drug-likeness (QED) is 0.868. The highest BCUT2D eigenvalue weighted by Gasteiger charge is 2.10. The second kappa shape index (κ2) is 5.59. The third-order valence-corrected chi connectivity index (χ3v) is 3.30. The first kappa shape index (κ1) is 13.2. The van der Waals surface area contributed by atoms with Crippen molar-refractivity contribution in [2.24, 2.45) is 0 Å². The number of rotatable bonds is 4. The number of hydrogen-bond donors (Lipinski definition) is 1. The lowest BCUT2D eigenvalue weighted by Gasteiger charge is -2.01. The Hall–Kier alpha value is -2.26. The second-order valence-corrected chi connectivity index (χ2v) is 4.61. The number of benzene rings is 1. The van der Waals surface area contributed by atoms with Gasteiger partial charge in [-0.15, -0.1) is 0 Å². The zero-order valence-corrected chi connectivity index (χ0v) is 10.4. The summed E-state index contributed by atoms with van der Waals surface area (Å²) in [7, 11) is 0. The number of nitrogens with zero attached hydrogens (tertiary/aromatic N) is 1. The van der Waals surface area contributed by atoms with Crippen LogP contribution in [0, 0.1) is 17.1 Å². The van der Waals surface area contributed by atoms with Gasteiger partial charge in [-0.1, -0.05) is 11.8 Å². The van der Waals surface area contributed by atoms with Crippen LogP contribution in [0.2, 0.25) is 0 Å². The molecule has 0 unspecified atom stereocenters. The van der Waals surface area contributed by atoms with Gasteiger partial charge in [0.25, 0.3) is 0 Å². The van der Waals surface area contributed by atoms with E-state index in [1.54, 1.807) is 0 Å². The molecule has 0 amide bonds. The van der Waals surface area contributed by atoms with Crippen molar-refractivity contribution in [3.8, 4) is 6.07 Å². The SMILES string of the molecule is N#Cc1ccc(F)c(CSc2ccc(C(=O)O)o2)c1. The van der Waals surface area contributed by atoms with Gasteiger partial charge >= 0.3 is 5.97 Å². The van der Waals surface area contributed by atoms with Crippen molar-refractivity contribution < 1.29 is 18.7 Å². The molecule has 0 atom stereocenters. The van der Waals surface area contributed by atoms with Crippen LogP contribution in [0.25, 0.3) is 0 Å². The van der Waals surface area contributed by atoms with E-state index in [0.717, 1.165) is 0 Å². The molecule has 1 heterocycles. The lowest BCUT2D eigenvalue weighted by atomic mass is 10.1. The largest absolute Gasteiger partial charge is 0.475 e. The average Bonchev–Trinajstić information content (AvgIpc) is 2.87. The summed E-state index contributed by atoms with van der Waals surface area (Å²) < 4.78 is 18.5. The predicted octanol–water partition coefficient (Wildman–Crippen LogP) is 3.28. The van der Waals surface area contributed by atoms with Gasteiger partial charge in [-0.2, -0.15) is 5.26 Å². The molecule has 2 aromatic rings. The van der Waals surface area contributed by atoms with Crippen LogP contribution >= 0.6 is 11.8 Å². The number of halogens is 1. The molecule has 2 rings (SSSR count). The fourth-order valence-corrected chi connectivity index (χ4v) is 2.25. The number of aromatic carboxylic acids is 1. The molecule has 0 bridgehead atoms. The van der Waals surface area contributed by atoms with Crippen LogP contribution in [0.15, 0.2) is 39.8 Å². The van der Waals surface area contributed by atoms with Crippen LogP contribution in [0.1, 0.15) is 21.7 Å². The van der Waals surface area contributed by atoms with Crippen molar-refractivity contribution in [2.45, 2.75) is 10.8 Å². The second-order valence-electron chi connectivity index (χ2n) is 3.63. The molecular formula is C13H8FNO3S. The maximum atomic E-state index is 13.5. The molecule has 0 spiro atoms. The molecule has 0 saturated heterocycles. The fraction of sp³-hybridized carbons (Fsp3) is 0.0769. The van der Waals surface area contributed by atoms with E-state index in [-0.39, 0.29) is 11.5 Å². The van der Waals surface area contributed by atoms with Crippen LogP contribution in [-0.4, -0.2) is 11.1 Å². The topological polar surface area (TPSA) is 74.2 Å². The summed E-state index contributed by atoms with van der Waals surface area (Å²) in [6.07, 6.45) is 0. The van der Waals surface area contributed by atoms with Crippen molar-refractivity contribution in [3.05, 3.63) is 53.0 Å². The van der Waals surface area contributed by atoms with E-state index in [1.165, 1.54) is 42.1 Å². The Balaban J connectivity index is 2.09. The lowest BCUT2D eigenvalue weighted by molar-refractivity contribution is 0.0656. The van der Waals surface area contributed by atoms with Crippen LogP contribution in [0.4, 0.5) is 4.39 Å². The zero-order valence-electron chi connectivity index (χ0n) is 9.59. The number of carboxylic acid groups (broad SMARTS) is 1. The number of furan rings is 1. The molecule has 0 aliphatic rings. The Kier molecular flexibility index (Phi) is 3.88. The maximum Gasteiger partial charge on any atom is 0.371 e. The Morgan fingerprint density at radius 2 is 2.21 bits per heavy atom. The summed E-state index contributed by atoms with van der Waals surface area (Å²) in [5.74, 6) is -1.46. The first-order valence-electron chi connectivity index (χ1n) is 5.24. The molecule has 0 fully saturated rings. The Morgan fingerprint density at radius 1 is 1.42 bits per heavy atom. The highest BCUT2D eigenvalue weighted by atomic mass is 32.2. The van der Waals surface area contributed by atoms with Crippen molar-refractivity contribution in [2.75, 3.05) is 0 Å². The molecule has 6 heteroatoms. The minimum Gasteiger partial charge on any atom is -0.475 e. The lowest BCUT2D eigenvalue weighted by Crippen LogP contribution is -1.91. The summed E-state index contributed by atoms with van der Waals surface area (Å²) in [6, 6.07) is 8.89. The number of carboxylic acids is 1. The smallest absolute Gasteiger partial charge is 0.371 e. The van der Waals surface area contributed by atoms with Gasteiger partial charge in [0.15, 0.2) is 5.09 Å². The first-order chi connectivity index (χ1) is 9.10. The van der Waals surface area contributed by atoms with Gasteiger partial charge < -0.3 is 9.52 Å². The molecule has 1 N–H and O–H groups in total. The van der Waals surface area contributed by atoms with Gasteiger partial charge in [-0.25, -0.2) is 9.18 Å². The highest BCUT2D eigenvalue weighted by molar-refractivity contribution is 7.98. The molecule has 0 aliphatic heterocycles. The van der Waals surface area contributed by atoms with E-state index in [2.05, 4.69) is 0 Å². The predicted molar refractivity (Wildman–Crippen MR) is 66.3 cm³/mol. The first-order valence-corrected chi connectivity index (χ1v) is 6.23. The van der Waals surface area contributed by atoms with Crippen molar-refractivity contribution in [3.63, 3.8) is 0 Å². The Bertz CT molecular complexity index is 660. The number of hydrogen-bond acceptors (Lipinski definition) is 4. The molecule has 4 nitrogen and oxygen atoms in total. The molecule has 1 aromatic carbocycles. The van der Waals surface area contributed by atoms with Crippen LogP contribution in [0.3, 0.4) is 0 Å². The van der Waals surface area contributed by atoms with E-state index in [1.807, 2.05) is 6.07 Å². The normalized spacial score (nSPS) is 10.1. The van der Waals surface area contributed by atoms with E-state index < -0.39 is 11.8 Å². The van der Waals surface area contributed by atoms with Crippen LogP contribution < -0.4 is 0 Å². The maximum absolute atomic E-state index is 13.5. The fourth-order valence-electron chi connectivity index (χ4n) is 1.42. The third-order valence-electron chi connectivity index (χ3n) is 2.34. The Morgan fingerprint density at radius 3 is 2.84 bits per heavy atom. The van der Waals surface area contributed by atoms with Gasteiger partial charge in [-0.05, 0) is 35.9 Å². The summed E-state index contributed by atoms with van der Waals surface area (Å²) >= 11 is 1.17. The van der Waals surface area contributed by atoms with Gasteiger partial charge in [0.2, 0.25) is 5.76 Å². The monoisotopic (exact) mass is 277 g/mol. The molecule has 1 aromatic heterocycles. The number of nitriles is 1. The highest BCUT2D eigenvalue weighted by Crippen LogP contribution is 2.26. The van der Waals surface area contributed by atoms with Gasteiger partial charge in [0.1, 0.15) is 5.82 Å². The van der Waals surface area contributed by atoms with Gasteiger partial charge in [0, 0.05) is 5.75 Å². The van der Waals surface area contributed by atoms with Crippen molar-refractivity contribution >= 4 is 17.7 Å². The van der Waals surface area contributed by atoms with E-state index in [0.29, 0.717) is 16.2 Å². The average molecular weight is 277 g/mol. The molecule has 0 saturated carbocycles. The minimum atomic E-state index is -1.15. The summed E-state index contributed by atoms with van der Waals surface area (Å²) in [4.78, 5) is 10.6. The van der Waals surface area contributed by atoms with E-state index >= 15 is 0 Å². The van der Waals surface area contributed by atoms with Crippen molar-refractivity contribution in [1.82, 2.24) is 0 Å². The molecule has 96 valence electrons. The summed E-state index contributed by atoms with van der Waals surface area (Å²) in [5, 5.41) is 17.8. The van der Waals surface area contributed by atoms with E-state index in [9.17, 15) is 9.18 Å². The summed E-state index contributed by atoms with van der Waals surface area (Å²) in [6.45, 7) is 0. The standard InChI is InChI=1S/C13H8FNO3S/c14-10-2-1-8(6-15)5-9(10)7-19-12-4-3-11(18-12)13(16)17/h1-5H,7H2,(H,16,17). The van der Waals surface area contributed by atoms with Gasteiger partial charge in [0.05, 0.1) is 11.6 Å². The Labute approximate surface area is 112 Å². The van der Waals surface area contributed by atoms with Crippen LogP contribution in [0.5, 0.6) is 0 Å². The minimum absolute atomic E-state index is 0.159. The third kappa shape index (κ3) is 3.14. The van der Waals surface area contributed by atoms with Crippen molar-refractivity contribution in [1.29, 1.82) is 5.26 Å². The van der Waals surface area contributed by atoms with Gasteiger partial charge in [-0.3, -0.25) is 0 Å². The molecule has 19 heavy (non-hydrogen) atoms. The number of thioether (sulfide) groups is 1.